The van der Waals surface area contributed by atoms with Crippen LogP contribution in [0.15, 0.2) is 24.3 Å². The van der Waals surface area contributed by atoms with Gasteiger partial charge in [0.1, 0.15) is 12.1 Å². The third-order valence-electron chi connectivity index (χ3n) is 4.05. The summed E-state index contributed by atoms with van der Waals surface area (Å²) in [6.45, 7) is 2.46. The number of nitrogens with zero attached hydrogens (tertiary/aromatic N) is 4. The highest BCUT2D eigenvalue weighted by atomic mass is 16.4. The van der Waals surface area contributed by atoms with Gasteiger partial charge in [-0.1, -0.05) is 17.3 Å². The number of fused-ring (bicyclic) bond motifs is 1. The first-order valence-corrected chi connectivity index (χ1v) is 6.79. The summed E-state index contributed by atoms with van der Waals surface area (Å²) < 4.78 is 1.55. The number of hydrogen-bond donors (Lipinski definition) is 1. The number of amides is 1. The summed E-state index contributed by atoms with van der Waals surface area (Å²) in [6, 6.07) is 7.42. The highest BCUT2D eigenvalue weighted by molar-refractivity contribution is 5.82. The lowest BCUT2D eigenvalue weighted by atomic mass is 9.90. The van der Waals surface area contributed by atoms with Crippen molar-refractivity contribution in [1.82, 2.24) is 19.9 Å². The van der Waals surface area contributed by atoms with E-state index in [-0.39, 0.29) is 19.0 Å². The van der Waals surface area contributed by atoms with Gasteiger partial charge in [0.05, 0.1) is 10.9 Å². The molecule has 2 heterocycles. The fourth-order valence-electron chi connectivity index (χ4n) is 2.61. The van der Waals surface area contributed by atoms with Gasteiger partial charge in [-0.3, -0.25) is 9.59 Å². The molecule has 110 valence electrons. The number of benzene rings is 1. The number of carbonyl (C=O) groups is 2. The molecule has 7 nitrogen and oxygen atoms in total. The molecule has 0 aliphatic carbocycles. The zero-order valence-electron chi connectivity index (χ0n) is 11.7. The van der Waals surface area contributed by atoms with Crippen LogP contribution in [0.1, 0.15) is 13.3 Å². The van der Waals surface area contributed by atoms with Gasteiger partial charge in [-0.05, 0) is 25.5 Å². The number of aromatic nitrogens is 3. The standard InChI is InChI=1S/C14H16N4O3/c1-14(13(20)21)6-7-17(9-14)12(19)8-18-11-5-3-2-4-10(11)15-16-18/h2-5H,6-9H2,1H3,(H,20,21). The minimum absolute atomic E-state index is 0.0796. The molecule has 0 saturated carbocycles. The van der Waals surface area contributed by atoms with Crippen LogP contribution in [0.5, 0.6) is 0 Å². The van der Waals surface area contributed by atoms with E-state index in [9.17, 15) is 14.7 Å². The van der Waals surface area contributed by atoms with E-state index in [2.05, 4.69) is 10.3 Å². The second kappa shape index (κ2) is 4.83. The van der Waals surface area contributed by atoms with Gasteiger partial charge in [-0.25, -0.2) is 4.68 Å². The van der Waals surface area contributed by atoms with E-state index >= 15 is 0 Å². The smallest absolute Gasteiger partial charge is 0.311 e. The van der Waals surface area contributed by atoms with Crippen molar-refractivity contribution in [2.75, 3.05) is 13.1 Å². The average Bonchev–Trinajstić information content (AvgIpc) is 3.05. The summed E-state index contributed by atoms with van der Waals surface area (Å²) in [4.78, 5) is 25.1. The predicted octanol–water partition coefficient (Wildman–Crippen LogP) is 0.754. The van der Waals surface area contributed by atoms with Crippen LogP contribution in [-0.4, -0.2) is 50.0 Å². The summed E-state index contributed by atoms with van der Waals surface area (Å²) in [5.74, 6) is -0.986. The lowest BCUT2D eigenvalue weighted by molar-refractivity contribution is -0.147. The Morgan fingerprint density at radius 3 is 2.86 bits per heavy atom. The van der Waals surface area contributed by atoms with Crippen LogP contribution in [0.25, 0.3) is 11.0 Å². The Morgan fingerprint density at radius 1 is 1.38 bits per heavy atom. The summed E-state index contributed by atoms with van der Waals surface area (Å²) in [5, 5.41) is 17.2. The molecular formula is C14H16N4O3. The molecule has 1 aromatic heterocycles. The van der Waals surface area contributed by atoms with Gasteiger partial charge in [0.2, 0.25) is 5.91 Å². The molecule has 1 fully saturated rings. The van der Waals surface area contributed by atoms with Gasteiger partial charge in [0.25, 0.3) is 0 Å². The molecule has 3 rings (SSSR count). The Kier molecular flexibility index (Phi) is 3.12. The van der Waals surface area contributed by atoms with Crippen LogP contribution in [0, 0.1) is 5.41 Å². The Labute approximate surface area is 121 Å². The predicted molar refractivity (Wildman–Crippen MR) is 74.5 cm³/mol. The molecule has 1 unspecified atom stereocenters. The molecule has 1 atom stereocenters. The van der Waals surface area contributed by atoms with Crippen molar-refractivity contribution in [3.05, 3.63) is 24.3 Å². The van der Waals surface area contributed by atoms with E-state index in [1.54, 1.807) is 16.5 Å². The summed E-state index contributed by atoms with van der Waals surface area (Å²) in [5.41, 5.74) is 0.688. The number of rotatable bonds is 3. The molecule has 21 heavy (non-hydrogen) atoms. The zero-order chi connectivity index (χ0) is 15.0. The van der Waals surface area contributed by atoms with Crippen molar-refractivity contribution in [3.63, 3.8) is 0 Å². The van der Waals surface area contributed by atoms with Crippen molar-refractivity contribution >= 4 is 22.9 Å². The Morgan fingerprint density at radius 2 is 2.14 bits per heavy atom. The van der Waals surface area contributed by atoms with Crippen LogP contribution < -0.4 is 0 Å². The summed E-state index contributed by atoms with van der Waals surface area (Å²) in [6.07, 6.45) is 0.478. The molecule has 1 amide bonds. The van der Waals surface area contributed by atoms with Gasteiger partial charge in [-0.15, -0.1) is 5.10 Å². The molecule has 1 aliphatic heterocycles. The van der Waals surface area contributed by atoms with Crippen molar-refractivity contribution in [2.24, 2.45) is 5.41 Å². The minimum atomic E-state index is -0.857. The third kappa shape index (κ3) is 2.35. The maximum absolute atomic E-state index is 12.3. The van der Waals surface area contributed by atoms with E-state index in [1.165, 1.54) is 0 Å². The topological polar surface area (TPSA) is 88.3 Å². The maximum Gasteiger partial charge on any atom is 0.311 e. The van der Waals surface area contributed by atoms with Crippen molar-refractivity contribution in [2.45, 2.75) is 19.9 Å². The quantitative estimate of drug-likeness (QED) is 0.900. The average molecular weight is 288 g/mol. The Bertz CT molecular complexity index is 711. The first-order valence-electron chi connectivity index (χ1n) is 6.79. The second-order valence-corrected chi connectivity index (χ2v) is 5.67. The fourth-order valence-corrected chi connectivity index (χ4v) is 2.61. The molecular weight excluding hydrogens is 272 g/mol. The van der Waals surface area contributed by atoms with E-state index in [0.717, 1.165) is 11.0 Å². The lowest BCUT2D eigenvalue weighted by Crippen LogP contribution is -2.36. The molecule has 1 aliphatic rings. The first-order chi connectivity index (χ1) is 9.99. The van der Waals surface area contributed by atoms with Gasteiger partial charge in [0, 0.05) is 13.1 Å². The van der Waals surface area contributed by atoms with Crippen LogP contribution in [0.4, 0.5) is 0 Å². The van der Waals surface area contributed by atoms with Gasteiger partial charge in [0.15, 0.2) is 0 Å². The molecule has 1 aromatic carbocycles. The number of aliphatic carboxylic acids is 1. The van der Waals surface area contributed by atoms with Crippen LogP contribution in [0.3, 0.4) is 0 Å². The number of hydrogen-bond acceptors (Lipinski definition) is 4. The Balaban J connectivity index is 1.74. The third-order valence-corrected chi connectivity index (χ3v) is 4.05. The van der Waals surface area contributed by atoms with E-state index in [1.807, 2.05) is 24.3 Å². The highest BCUT2D eigenvalue weighted by Crippen LogP contribution is 2.30. The molecule has 0 spiro atoms. The Hall–Kier alpha value is -2.44. The first kappa shape index (κ1) is 13.5. The van der Waals surface area contributed by atoms with Crippen LogP contribution in [0.2, 0.25) is 0 Å². The zero-order valence-corrected chi connectivity index (χ0v) is 11.7. The molecule has 0 radical (unpaired) electrons. The van der Waals surface area contributed by atoms with Crippen molar-refractivity contribution < 1.29 is 14.7 Å². The lowest BCUT2D eigenvalue weighted by Gasteiger charge is -2.20. The molecule has 2 aromatic rings. The monoisotopic (exact) mass is 288 g/mol. The van der Waals surface area contributed by atoms with E-state index in [0.29, 0.717) is 13.0 Å². The summed E-state index contributed by atoms with van der Waals surface area (Å²) in [7, 11) is 0. The number of carboxylic acids is 1. The highest BCUT2D eigenvalue weighted by Gasteiger charge is 2.42. The largest absolute Gasteiger partial charge is 0.481 e. The second-order valence-electron chi connectivity index (χ2n) is 5.67. The van der Waals surface area contributed by atoms with E-state index < -0.39 is 11.4 Å². The molecule has 1 N–H and O–H groups in total. The van der Waals surface area contributed by atoms with Gasteiger partial charge >= 0.3 is 5.97 Å². The normalized spacial score (nSPS) is 21.9. The number of likely N-dealkylation sites (tertiary alicyclic amines) is 1. The van der Waals surface area contributed by atoms with E-state index in [4.69, 9.17) is 0 Å². The number of para-hydroxylation sites is 1. The van der Waals surface area contributed by atoms with Crippen LogP contribution >= 0.6 is 0 Å². The van der Waals surface area contributed by atoms with Crippen LogP contribution in [-0.2, 0) is 16.1 Å². The molecule has 0 bridgehead atoms. The van der Waals surface area contributed by atoms with Crippen molar-refractivity contribution in [3.8, 4) is 0 Å². The summed E-state index contributed by atoms with van der Waals surface area (Å²) >= 11 is 0. The minimum Gasteiger partial charge on any atom is -0.481 e. The SMILES string of the molecule is CC1(C(=O)O)CCN(C(=O)Cn2nnc3ccccc32)C1. The van der Waals surface area contributed by atoms with Crippen molar-refractivity contribution in [1.29, 1.82) is 0 Å². The molecule has 7 heteroatoms. The molecule has 1 saturated heterocycles. The fraction of sp³-hybridized carbons (Fsp3) is 0.429. The maximum atomic E-state index is 12.3. The number of carbonyl (C=O) groups excluding carboxylic acids is 1. The van der Waals surface area contributed by atoms with Gasteiger partial charge in [-0.2, -0.15) is 0 Å². The number of carboxylic acid groups (broad SMARTS) is 1. The van der Waals surface area contributed by atoms with Gasteiger partial charge < -0.3 is 10.0 Å².